The van der Waals surface area contributed by atoms with Crippen LogP contribution >= 0.6 is 0 Å². The van der Waals surface area contributed by atoms with E-state index in [1.54, 1.807) is 0 Å². The number of furan rings is 1. The molecule has 1 aromatic heterocycles. The van der Waals surface area contributed by atoms with Crippen molar-refractivity contribution < 1.29 is 4.42 Å². The molecule has 2 unspecified atom stereocenters. The fourth-order valence-corrected chi connectivity index (χ4v) is 8.14. The van der Waals surface area contributed by atoms with Gasteiger partial charge in [-0.05, 0) is 62.7 Å². The first-order chi connectivity index (χ1) is 21.3. The van der Waals surface area contributed by atoms with Crippen molar-refractivity contribution in [1.82, 2.24) is 0 Å². The summed E-state index contributed by atoms with van der Waals surface area (Å²) >= 11 is 0. The SMILES string of the molecule is c1ccc(C2C(c3ccc4c(c3)C3(c5ccccc5-4)c4ccccc4-c4oc5ccccc5c43)=Nc3ccccc32)cc1. The molecule has 0 saturated heterocycles. The molecule has 2 heterocycles. The molecular formula is C41H25NO. The van der Waals surface area contributed by atoms with Gasteiger partial charge in [0.2, 0.25) is 0 Å². The van der Waals surface area contributed by atoms with E-state index in [1.165, 1.54) is 55.5 Å². The average Bonchev–Trinajstić information content (AvgIpc) is 3.80. The van der Waals surface area contributed by atoms with E-state index < -0.39 is 5.41 Å². The van der Waals surface area contributed by atoms with E-state index in [4.69, 9.17) is 9.41 Å². The molecule has 3 aliphatic rings. The van der Waals surface area contributed by atoms with Gasteiger partial charge in [0, 0.05) is 16.5 Å². The van der Waals surface area contributed by atoms with Crippen LogP contribution in [-0.2, 0) is 5.41 Å². The summed E-state index contributed by atoms with van der Waals surface area (Å²) in [6.07, 6.45) is 0. The molecule has 0 amide bonds. The average molecular weight is 548 g/mol. The van der Waals surface area contributed by atoms with Gasteiger partial charge in [0.15, 0.2) is 0 Å². The lowest BCUT2D eigenvalue weighted by atomic mass is 9.69. The lowest BCUT2D eigenvalue weighted by Gasteiger charge is -2.30. The van der Waals surface area contributed by atoms with E-state index in [2.05, 4.69) is 146 Å². The Balaban J connectivity index is 1.29. The minimum absolute atomic E-state index is 0.0800. The molecule has 43 heavy (non-hydrogen) atoms. The van der Waals surface area contributed by atoms with Gasteiger partial charge in [0.25, 0.3) is 0 Å². The van der Waals surface area contributed by atoms with Gasteiger partial charge < -0.3 is 4.42 Å². The molecule has 0 N–H and O–H groups in total. The van der Waals surface area contributed by atoms with Gasteiger partial charge in [-0.2, -0.15) is 0 Å². The number of benzene rings is 6. The summed E-state index contributed by atoms with van der Waals surface area (Å²) in [7, 11) is 0. The predicted octanol–water partition coefficient (Wildman–Crippen LogP) is 10.0. The Morgan fingerprint density at radius 2 is 1.23 bits per heavy atom. The third-order valence-electron chi connectivity index (χ3n) is 9.78. The number of rotatable bonds is 2. The Bertz CT molecular complexity index is 2310. The summed E-state index contributed by atoms with van der Waals surface area (Å²) in [5, 5.41) is 1.18. The lowest BCUT2D eigenvalue weighted by molar-refractivity contribution is 0.628. The zero-order valence-electron chi connectivity index (χ0n) is 23.3. The van der Waals surface area contributed by atoms with Crippen molar-refractivity contribution in [3.63, 3.8) is 0 Å². The van der Waals surface area contributed by atoms with Gasteiger partial charge in [0.05, 0.1) is 22.7 Å². The third-order valence-corrected chi connectivity index (χ3v) is 9.78. The maximum atomic E-state index is 6.68. The highest BCUT2D eigenvalue weighted by Gasteiger charge is 2.54. The number of hydrogen-bond acceptors (Lipinski definition) is 2. The highest BCUT2D eigenvalue weighted by Crippen LogP contribution is 2.65. The van der Waals surface area contributed by atoms with E-state index in [0.29, 0.717) is 0 Å². The zero-order chi connectivity index (χ0) is 28.1. The monoisotopic (exact) mass is 547 g/mol. The Morgan fingerprint density at radius 3 is 2.12 bits per heavy atom. The van der Waals surface area contributed by atoms with E-state index >= 15 is 0 Å². The maximum absolute atomic E-state index is 6.68. The first-order valence-corrected chi connectivity index (χ1v) is 14.9. The van der Waals surface area contributed by atoms with Gasteiger partial charge in [-0.1, -0.05) is 127 Å². The molecule has 0 saturated carbocycles. The predicted molar refractivity (Wildman–Crippen MR) is 173 cm³/mol. The molecular weight excluding hydrogens is 522 g/mol. The van der Waals surface area contributed by atoms with Crippen LogP contribution in [0.4, 0.5) is 5.69 Å². The molecule has 1 aliphatic heterocycles. The summed E-state index contributed by atoms with van der Waals surface area (Å²) in [6, 6.07) is 52.7. The molecule has 2 atom stereocenters. The van der Waals surface area contributed by atoms with E-state index in [0.717, 1.165) is 28.3 Å². The van der Waals surface area contributed by atoms with Crippen LogP contribution in [0, 0.1) is 0 Å². The van der Waals surface area contributed by atoms with Crippen molar-refractivity contribution in [3.05, 3.63) is 185 Å². The summed E-state index contributed by atoms with van der Waals surface area (Å²) < 4.78 is 6.68. The van der Waals surface area contributed by atoms with Crippen LogP contribution in [0.3, 0.4) is 0 Å². The van der Waals surface area contributed by atoms with E-state index in [9.17, 15) is 0 Å². The molecule has 1 spiro atoms. The molecule has 2 aliphatic carbocycles. The van der Waals surface area contributed by atoms with Crippen molar-refractivity contribution in [3.8, 4) is 22.5 Å². The van der Waals surface area contributed by atoms with Gasteiger partial charge in [-0.3, -0.25) is 4.99 Å². The van der Waals surface area contributed by atoms with E-state index in [1.807, 2.05) is 0 Å². The molecule has 0 fully saturated rings. The van der Waals surface area contributed by atoms with Crippen LogP contribution in [-0.4, -0.2) is 5.71 Å². The van der Waals surface area contributed by atoms with E-state index in [-0.39, 0.29) is 5.92 Å². The molecule has 200 valence electrons. The van der Waals surface area contributed by atoms with Crippen LogP contribution in [0.15, 0.2) is 155 Å². The molecule has 10 rings (SSSR count). The van der Waals surface area contributed by atoms with Crippen molar-refractivity contribution in [1.29, 1.82) is 0 Å². The van der Waals surface area contributed by atoms with Gasteiger partial charge in [-0.25, -0.2) is 0 Å². The number of para-hydroxylation sites is 2. The largest absolute Gasteiger partial charge is 0.456 e. The molecule has 2 heteroatoms. The quantitative estimate of drug-likeness (QED) is 0.211. The van der Waals surface area contributed by atoms with Crippen molar-refractivity contribution in [2.75, 3.05) is 0 Å². The molecule has 0 radical (unpaired) electrons. The number of fused-ring (bicyclic) bond motifs is 13. The van der Waals surface area contributed by atoms with Crippen molar-refractivity contribution in [2.24, 2.45) is 4.99 Å². The van der Waals surface area contributed by atoms with Crippen LogP contribution in [0.5, 0.6) is 0 Å². The smallest absolute Gasteiger partial charge is 0.140 e. The lowest BCUT2D eigenvalue weighted by Crippen LogP contribution is -2.26. The summed E-state index contributed by atoms with van der Waals surface area (Å²) in [6.45, 7) is 0. The topological polar surface area (TPSA) is 25.5 Å². The maximum Gasteiger partial charge on any atom is 0.140 e. The normalized spacial score (nSPS) is 18.7. The van der Waals surface area contributed by atoms with Crippen molar-refractivity contribution in [2.45, 2.75) is 11.3 Å². The summed E-state index contributed by atoms with van der Waals surface area (Å²) in [4.78, 5) is 5.30. The van der Waals surface area contributed by atoms with Crippen molar-refractivity contribution >= 4 is 22.4 Å². The number of nitrogens with zero attached hydrogens (tertiary/aromatic N) is 1. The Labute approximate surface area is 249 Å². The van der Waals surface area contributed by atoms with Gasteiger partial charge in [0.1, 0.15) is 11.3 Å². The van der Waals surface area contributed by atoms with Gasteiger partial charge >= 0.3 is 0 Å². The Morgan fingerprint density at radius 1 is 0.558 bits per heavy atom. The highest BCUT2D eigenvalue weighted by atomic mass is 16.3. The second-order valence-electron chi connectivity index (χ2n) is 11.8. The van der Waals surface area contributed by atoms with Crippen LogP contribution in [0.2, 0.25) is 0 Å². The highest BCUT2D eigenvalue weighted by molar-refractivity contribution is 6.13. The minimum Gasteiger partial charge on any atom is -0.456 e. The van der Waals surface area contributed by atoms with Crippen LogP contribution in [0.25, 0.3) is 33.4 Å². The standard InChI is InChI=1S/C41H25NO/c1-2-12-25(13-3-1)37-30-16-6-10-20-35(30)42-39(37)26-22-23-28-27-14-4-8-18-32(27)41(34(28)24-26)33-19-9-5-15-29(33)40-38(41)31-17-7-11-21-36(31)43-40/h1-24,37H. The first-order valence-electron chi connectivity index (χ1n) is 14.9. The Hall–Kier alpha value is -5.47. The third kappa shape index (κ3) is 2.85. The zero-order valence-corrected chi connectivity index (χ0v) is 23.3. The summed E-state index contributed by atoms with van der Waals surface area (Å²) in [5.74, 6) is 1.06. The Kier molecular flexibility index (Phi) is 4.47. The fourth-order valence-electron chi connectivity index (χ4n) is 8.14. The summed E-state index contributed by atoms with van der Waals surface area (Å²) in [5.41, 5.74) is 15.2. The fraction of sp³-hybridized carbons (Fsp3) is 0.0488. The number of aliphatic imine (C=N–C) groups is 1. The molecule has 0 bridgehead atoms. The molecule has 6 aromatic carbocycles. The minimum atomic E-state index is -0.477. The number of hydrogen-bond donors (Lipinski definition) is 0. The van der Waals surface area contributed by atoms with Crippen LogP contribution in [0.1, 0.15) is 44.9 Å². The molecule has 2 nitrogen and oxygen atoms in total. The second-order valence-corrected chi connectivity index (χ2v) is 11.8. The first kappa shape index (κ1) is 23.1. The second kappa shape index (κ2) is 8.30. The molecule has 7 aromatic rings. The van der Waals surface area contributed by atoms with Gasteiger partial charge in [-0.15, -0.1) is 0 Å². The van der Waals surface area contributed by atoms with Crippen LogP contribution < -0.4 is 0 Å².